The number of amides is 1. The van der Waals surface area contributed by atoms with Crippen molar-refractivity contribution in [2.24, 2.45) is 5.73 Å². The molecule has 0 spiro atoms. The number of thioether (sulfide) groups is 1. The molecule has 0 bridgehead atoms. The Kier molecular flexibility index (Phi) is 8.60. The van der Waals surface area contributed by atoms with Crippen molar-refractivity contribution >= 4 is 51.6 Å². The quantitative estimate of drug-likeness (QED) is 0.731. The lowest BCUT2D eigenvalue weighted by Crippen LogP contribution is -2.34. The van der Waals surface area contributed by atoms with Crippen molar-refractivity contribution in [2.45, 2.75) is 5.37 Å². The molecule has 1 saturated heterocycles. The van der Waals surface area contributed by atoms with Gasteiger partial charge in [0.2, 0.25) is 5.91 Å². The maximum atomic E-state index is 10.3. The Morgan fingerprint density at radius 1 is 1.60 bits per heavy atom. The van der Waals surface area contributed by atoms with Gasteiger partial charge in [0.15, 0.2) is 0 Å². The topological polar surface area (TPSA) is 55.1 Å². The number of primary amides is 1. The van der Waals surface area contributed by atoms with Crippen LogP contribution in [0.1, 0.15) is 0 Å². The molecule has 0 aliphatic carbocycles. The lowest BCUT2D eigenvalue weighted by molar-refractivity contribution is -0.117. The van der Waals surface area contributed by atoms with Gasteiger partial charge in [-0.15, -0.1) is 45.7 Å². The Hall–Kier alpha value is 0.740. The third-order valence-electron chi connectivity index (χ3n) is 0.975. The van der Waals surface area contributed by atoms with Crippen LogP contribution in [0, 0.1) is 0 Å². The number of hydrogen-bond acceptors (Lipinski definition) is 3. The Bertz CT molecular complexity index is 107. The van der Waals surface area contributed by atoms with E-state index in [0.29, 0.717) is 0 Å². The van der Waals surface area contributed by atoms with Crippen molar-refractivity contribution in [1.82, 2.24) is 5.32 Å². The van der Waals surface area contributed by atoms with E-state index in [-0.39, 0.29) is 45.2 Å². The third-order valence-corrected chi connectivity index (χ3v) is 2.15. The van der Waals surface area contributed by atoms with Crippen molar-refractivity contribution in [3.63, 3.8) is 0 Å². The number of halogens is 2. The molecule has 1 heterocycles. The summed E-state index contributed by atoms with van der Waals surface area (Å²) in [7, 11) is 0. The van der Waals surface area contributed by atoms with Gasteiger partial charge in [0.25, 0.3) is 0 Å². The van der Waals surface area contributed by atoms with Crippen molar-refractivity contribution in [2.75, 3.05) is 12.3 Å². The number of nitrogens with two attached hydrogens (primary N) is 1. The summed E-state index contributed by atoms with van der Waals surface area (Å²) in [6.45, 7) is 0.901. The maximum absolute atomic E-state index is 10.3. The molecule has 3 N–H and O–H groups in total. The van der Waals surface area contributed by atoms with Gasteiger partial charge in [-0.05, 0) is 0 Å². The van der Waals surface area contributed by atoms with Crippen LogP contribution in [0.2, 0.25) is 0 Å². The minimum absolute atomic E-state index is 0. The summed E-state index contributed by atoms with van der Waals surface area (Å²) >= 11 is 1.56. The monoisotopic (exact) mass is 292 g/mol. The van der Waals surface area contributed by atoms with Crippen molar-refractivity contribution in [3.8, 4) is 0 Å². The normalized spacial score (nSPS) is 22.6. The summed E-state index contributed by atoms with van der Waals surface area (Å²) < 4.78 is 0. The van der Waals surface area contributed by atoms with Gasteiger partial charge in [-0.25, -0.2) is 0 Å². The number of rotatable bonds is 1. The van der Waals surface area contributed by atoms with Crippen LogP contribution in [0.25, 0.3) is 0 Å². The smallest absolute Gasteiger partial charge is 0.244 e. The number of hydrogen-bond donors (Lipinski definition) is 2. The summed E-state index contributed by atoms with van der Waals surface area (Å²) in [6, 6.07) is 0. The number of nitrogens with one attached hydrogen (secondary N) is 1. The van der Waals surface area contributed by atoms with E-state index in [1.165, 1.54) is 0 Å². The highest BCUT2D eigenvalue weighted by Gasteiger charge is 2.18. The predicted molar refractivity (Wildman–Crippen MR) is 54.1 cm³/mol. The fourth-order valence-electron chi connectivity index (χ4n) is 0.608. The first-order valence-corrected chi connectivity index (χ1v) is 3.50. The first kappa shape index (κ1) is 13.3. The van der Waals surface area contributed by atoms with Crippen LogP contribution in [0.3, 0.4) is 0 Å². The molecular weight excluding hydrogens is 284 g/mol. The Morgan fingerprint density at radius 2 is 2.20 bits per heavy atom. The average Bonchev–Trinajstić information content (AvgIpc) is 2.12. The molecule has 0 aromatic carbocycles. The molecule has 1 amide bonds. The molecule has 0 radical (unpaired) electrons. The summed E-state index contributed by atoms with van der Waals surface area (Å²) in [5.74, 6) is 0.737. The summed E-state index contributed by atoms with van der Waals surface area (Å²) in [5, 5.41) is 2.81. The molecule has 0 saturated carbocycles. The fourth-order valence-corrected chi connectivity index (χ4v) is 1.48. The van der Waals surface area contributed by atoms with E-state index in [2.05, 4.69) is 5.32 Å². The van der Waals surface area contributed by atoms with Crippen LogP contribution < -0.4 is 11.1 Å². The standard InChI is InChI=1S/C4H8N2OS.2BrH/c5-3(7)4-6-1-2-8-4;;/h4,6H,1-2H2,(H2,5,7);2*1H/t4-;;/m1../s1. The second kappa shape index (κ2) is 6.45. The molecule has 10 heavy (non-hydrogen) atoms. The average molecular weight is 294 g/mol. The lowest BCUT2D eigenvalue weighted by Gasteiger charge is -2.00. The van der Waals surface area contributed by atoms with Gasteiger partial charge in [0.1, 0.15) is 5.37 Å². The van der Waals surface area contributed by atoms with Gasteiger partial charge >= 0.3 is 0 Å². The maximum Gasteiger partial charge on any atom is 0.244 e. The van der Waals surface area contributed by atoms with Crippen molar-refractivity contribution < 1.29 is 4.79 Å². The fraction of sp³-hybridized carbons (Fsp3) is 0.750. The molecule has 1 aliphatic heterocycles. The summed E-state index contributed by atoms with van der Waals surface area (Å²) in [5.41, 5.74) is 4.98. The van der Waals surface area contributed by atoms with E-state index in [4.69, 9.17) is 5.73 Å². The molecular formula is C4H10Br2N2OS. The minimum atomic E-state index is -0.257. The van der Waals surface area contributed by atoms with Gasteiger partial charge in [-0.1, -0.05) is 0 Å². The SMILES string of the molecule is Br.Br.NC(=O)[C@@H]1NCCS1. The highest BCUT2D eigenvalue weighted by atomic mass is 79.9. The number of carbonyl (C=O) groups excluding carboxylic acids is 1. The highest BCUT2D eigenvalue weighted by Crippen LogP contribution is 2.11. The zero-order chi connectivity index (χ0) is 5.98. The molecule has 0 aromatic heterocycles. The summed E-state index contributed by atoms with van der Waals surface area (Å²) in [6.07, 6.45) is 0. The molecule has 1 aliphatic rings. The van der Waals surface area contributed by atoms with Crippen LogP contribution in [-0.2, 0) is 4.79 Å². The van der Waals surface area contributed by atoms with E-state index in [9.17, 15) is 4.79 Å². The molecule has 62 valence electrons. The molecule has 6 heteroatoms. The van der Waals surface area contributed by atoms with E-state index < -0.39 is 0 Å². The van der Waals surface area contributed by atoms with Crippen LogP contribution in [0.15, 0.2) is 0 Å². The van der Waals surface area contributed by atoms with Crippen molar-refractivity contribution in [3.05, 3.63) is 0 Å². The van der Waals surface area contributed by atoms with Gasteiger partial charge in [-0.2, -0.15) is 0 Å². The van der Waals surface area contributed by atoms with Crippen LogP contribution >= 0.6 is 45.7 Å². The van der Waals surface area contributed by atoms with E-state index in [0.717, 1.165) is 12.3 Å². The van der Waals surface area contributed by atoms with E-state index in [1.807, 2.05) is 0 Å². The molecule has 0 aromatic rings. The van der Waals surface area contributed by atoms with Crippen molar-refractivity contribution in [1.29, 1.82) is 0 Å². The largest absolute Gasteiger partial charge is 0.368 e. The minimum Gasteiger partial charge on any atom is -0.368 e. The highest BCUT2D eigenvalue weighted by molar-refractivity contribution is 8.93. The zero-order valence-electron chi connectivity index (χ0n) is 5.20. The first-order chi connectivity index (χ1) is 3.80. The van der Waals surface area contributed by atoms with Crippen LogP contribution in [0.5, 0.6) is 0 Å². The lowest BCUT2D eigenvalue weighted by atomic mass is 10.6. The Balaban J connectivity index is 0. The van der Waals surface area contributed by atoms with Gasteiger partial charge in [0, 0.05) is 12.3 Å². The predicted octanol–water partition coefficient (Wildman–Crippen LogP) is 0.290. The Labute approximate surface area is 85.0 Å². The molecule has 3 nitrogen and oxygen atoms in total. The Morgan fingerprint density at radius 3 is 2.40 bits per heavy atom. The molecule has 1 fully saturated rings. The number of carbonyl (C=O) groups is 1. The van der Waals surface area contributed by atoms with Crippen LogP contribution in [0.4, 0.5) is 0 Å². The van der Waals surface area contributed by atoms with E-state index in [1.54, 1.807) is 11.8 Å². The second-order valence-electron chi connectivity index (χ2n) is 1.61. The first-order valence-electron chi connectivity index (χ1n) is 2.45. The molecule has 1 rings (SSSR count). The van der Waals surface area contributed by atoms with E-state index >= 15 is 0 Å². The molecule has 1 atom stereocenters. The summed E-state index contributed by atoms with van der Waals surface area (Å²) in [4.78, 5) is 10.3. The zero-order valence-corrected chi connectivity index (χ0v) is 9.44. The van der Waals surface area contributed by atoms with Gasteiger partial charge in [-0.3, -0.25) is 10.1 Å². The molecule has 0 unspecified atom stereocenters. The second-order valence-corrected chi connectivity index (χ2v) is 2.82. The van der Waals surface area contributed by atoms with Gasteiger partial charge in [0.05, 0.1) is 0 Å². The van der Waals surface area contributed by atoms with Gasteiger partial charge < -0.3 is 5.73 Å². The third kappa shape index (κ3) is 3.80. The van der Waals surface area contributed by atoms with Crippen LogP contribution in [-0.4, -0.2) is 23.6 Å².